The fraction of sp³-hybridized carbons (Fsp3) is 0.548. The lowest BCUT2D eigenvalue weighted by molar-refractivity contribution is 0.0229. The van der Waals surface area contributed by atoms with Crippen LogP contribution in [0.4, 0.5) is 0 Å². The molecule has 216 valence electrons. The van der Waals surface area contributed by atoms with Crippen molar-refractivity contribution in [2.45, 2.75) is 77.8 Å². The maximum Gasteiger partial charge on any atom is 0.193 e. The number of carbonyl (C=O) groups excluding carboxylic acids is 2. The van der Waals surface area contributed by atoms with Crippen LogP contribution < -0.4 is 0 Å². The second-order valence-electron chi connectivity index (χ2n) is 11.2. The number of ketones is 2. The molecule has 39 heavy (non-hydrogen) atoms. The molecule has 0 bridgehead atoms. The molecule has 0 fully saturated rings. The molecule has 0 spiro atoms. The van der Waals surface area contributed by atoms with Crippen molar-refractivity contribution in [3.8, 4) is 0 Å². The Kier molecular flexibility index (Phi) is 12.4. The van der Waals surface area contributed by atoms with Gasteiger partial charge in [-0.1, -0.05) is 48.5 Å². The van der Waals surface area contributed by atoms with E-state index >= 15 is 0 Å². The van der Waals surface area contributed by atoms with Crippen LogP contribution in [-0.4, -0.2) is 69.6 Å². The Hall–Kier alpha value is -2.46. The van der Waals surface area contributed by atoms with E-state index in [1.54, 1.807) is 48.5 Å². The molecule has 8 heteroatoms. The van der Waals surface area contributed by atoms with E-state index in [4.69, 9.17) is 9.47 Å². The molecule has 2 aromatic carbocycles. The SMILES string of the molecule is CC(C)(O)C(=O)c1ccc(COCCC(CCO)(CCO)CCOCc2ccc(C(=O)C(C)(C)O)cc2)cc1. The van der Waals surface area contributed by atoms with Crippen molar-refractivity contribution < 1.29 is 39.5 Å². The highest BCUT2D eigenvalue weighted by atomic mass is 16.5. The number of Topliss-reactive ketones (excluding diaryl/α,β-unsaturated/α-hetero) is 2. The predicted molar refractivity (Wildman–Crippen MR) is 149 cm³/mol. The standard InChI is InChI=1S/C31H44O8/c1-29(2,36)27(34)25-9-5-23(6-10-25)21-38-19-15-31(13-17-32,14-18-33)16-20-39-22-24-7-11-26(12-8-24)28(35)30(3,4)37/h5-12,32-33,36-37H,13-22H2,1-4H3. The normalized spacial score (nSPS) is 12.5. The molecule has 0 atom stereocenters. The Morgan fingerprint density at radius 3 is 1.23 bits per heavy atom. The second kappa shape index (κ2) is 14.8. The summed E-state index contributed by atoms with van der Waals surface area (Å²) in [4.78, 5) is 24.4. The molecule has 0 aliphatic heterocycles. The first-order chi connectivity index (χ1) is 18.3. The van der Waals surface area contributed by atoms with E-state index in [1.807, 2.05) is 0 Å². The van der Waals surface area contributed by atoms with E-state index in [0.29, 0.717) is 63.2 Å². The highest BCUT2D eigenvalue weighted by Crippen LogP contribution is 2.35. The monoisotopic (exact) mass is 544 g/mol. The largest absolute Gasteiger partial charge is 0.396 e. The maximum absolute atomic E-state index is 12.2. The lowest BCUT2D eigenvalue weighted by Gasteiger charge is -2.33. The van der Waals surface area contributed by atoms with E-state index in [0.717, 1.165) is 11.1 Å². The zero-order valence-electron chi connectivity index (χ0n) is 23.6. The van der Waals surface area contributed by atoms with Gasteiger partial charge in [0.25, 0.3) is 0 Å². The summed E-state index contributed by atoms with van der Waals surface area (Å²) in [6.07, 6.45) is 2.31. The van der Waals surface area contributed by atoms with E-state index in [-0.39, 0.29) is 30.2 Å². The molecule has 4 N–H and O–H groups in total. The minimum absolute atomic E-state index is 0.00656. The van der Waals surface area contributed by atoms with Crippen molar-refractivity contribution in [1.29, 1.82) is 0 Å². The van der Waals surface area contributed by atoms with Crippen molar-refractivity contribution in [1.82, 2.24) is 0 Å². The summed E-state index contributed by atoms with van der Waals surface area (Å²) >= 11 is 0. The smallest absolute Gasteiger partial charge is 0.193 e. The van der Waals surface area contributed by atoms with Crippen LogP contribution in [-0.2, 0) is 22.7 Å². The number of aliphatic hydroxyl groups is 4. The molecule has 0 aliphatic rings. The van der Waals surface area contributed by atoms with Gasteiger partial charge < -0.3 is 29.9 Å². The van der Waals surface area contributed by atoms with E-state index in [9.17, 15) is 30.0 Å². The lowest BCUT2D eigenvalue weighted by Crippen LogP contribution is -2.31. The topological polar surface area (TPSA) is 134 Å². The minimum Gasteiger partial charge on any atom is -0.396 e. The molecular weight excluding hydrogens is 500 g/mol. The number of aliphatic hydroxyl groups excluding tert-OH is 2. The van der Waals surface area contributed by atoms with Gasteiger partial charge in [0.15, 0.2) is 11.6 Å². The van der Waals surface area contributed by atoms with Gasteiger partial charge in [-0.2, -0.15) is 0 Å². The van der Waals surface area contributed by atoms with Crippen molar-refractivity contribution in [3.05, 3.63) is 70.8 Å². The molecular formula is C31H44O8. The summed E-state index contributed by atoms with van der Waals surface area (Å²) in [7, 11) is 0. The van der Waals surface area contributed by atoms with Crippen LogP contribution in [0, 0.1) is 5.41 Å². The van der Waals surface area contributed by atoms with Gasteiger partial charge in [-0.25, -0.2) is 0 Å². The van der Waals surface area contributed by atoms with Crippen molar-refractivity contribution in [2.75, 3.05) is 26.4 Å². The molecule has 2 aromatic rings. The summed E-state index contributed by atoms with van der Waals surface area (Å²) in [6.45, 7) is 7.41. The van der Waals surface area contributed by atoms with E-state index in [1.165, 1.54) is 27.7 Å². The van der Waals surface area contributed by atoms with Gasteiger partial charge in [-0.05, 0) is 69.9 Å². The van der Waals surface area contributed by atoms with Gasteiger partial charge in [0.1, 0.15) is 11.2 Å². The fourth-order valence-electron chi connectivity index (χ4n) is 4.39. The zero-order valence-corrected chi connectivity index (χ0v) is 23.6. The summed E-state index contributed by atoms with van der Waals surface area (Å²) in [5.74, 6) is -0.680. The van der Waals surface area contributed by atoms with Gasteiger partial charge in [0, 0.05) is 37.6 Å². The zero-order chi connectivity index (χ0) is 29.1. The van der Waals surface area contributed by atoms with E-state index in [2.05, 4.69) is 0 Å². The van der Waals surface area contributed by atoms with Gasteiger partial charge in [0.2, 0.25) is 0 Å². The Bertz CT molecular complexity index is 945. The van der Waals surface area contributed by atoms with Crippen LogP contribution >= 0.6 is 0 Å². The molecule has 0 amide bonds. The van der Waals surface area contributed by atoms with Crippen LogP contribution in [0.25, 0.3) is 0 Å². The molecule has 0 saturated heterocycles. The van der Waals surface area contributed by atoms with Crippen LogP contribution in [0.2, 0.25) is 0 Å². The quantitative estimate of drug-likeness (QED) is 0.164. The van der Waals surface area contributed by atoms with Gasteiger partial charge >= 0.3 is 0 Å². The first-order valence-electron chi connectivity index (χ1n) is 13.4. The number of ether oxygens (including phenoxy) is 2. The summed E-state index contributed by atoms with van der Waals surface area (Å²) in [6, 6.07) is 13.9. The average Bonchev–Trinajstić information content (AvgIpc) is 2.88. The highest BCUT2D eigenvalue weighted by Gasteiger charge is 2.29. The average molecular weight is 545 g/mol. The second-order valence-corrected chi connectivity index (χ2v) is 11.2. The van der Waals surface area contributed by atoms with Crippen molar-refractivity contribution in [2.24, 2.45) is 5.41 Å². The van der Waals surface area contributed by atoms with Crippen LogP contribution in [0.5, 0.6) is 0 Å². The number of rotatable bonds is 18. The Morgan fingerprint density at radius 2 is 0.949 bits per heavy atom. The van der Waals surface area contributed by atoms with Crippen molar-refractivity contribution >= 4 is 11.6 Å². The number of benzene rings is 2. The van der Waals surface area contributed by atoms with E-state index < -0.39 is 11.2 Å². The van der Waals surface area contributed by atoms with Crippen LogP contribution in [0.1, 0.15) is 85.2 Å². The number of hydrogen-bond donors (Lipinski definition) is 4. The number of hydrogen-bond acceptors (Lipinski definition) is 8. The Balaban J connectivity index is 1.86. The van der Waals surface area contributed by atoms with Gasteiger partial charge in [0.05, 0.1) is 13.2 Å². The van der Waals surface area contributed by atoms with Crippen LogP contribution in [0.3, 0.4) is 0 Å². The number of carbonyl (C=O) groups is 2. The maximum atomic E-state index is 12.2. The lowest BCUT2D eigenvalue weighted by atomic mass is 9.76. The Morgan fingerprint density at radius 1 is 0.615 bits per heavy atom. The van der Waals surface area contributed by atoms with Crippen LogP contribution in [0.15, 0.2) is 48.5 Å². The Labute approximate surface area is 231 Å². The molecule has 0 radical (unpaired) electrons. The molecule has 8 nitrogen and oxygen atoms in total. The first kappa shape index (κ1) is 32.8. The van der Waals surface area contributed by atoms with Crippen molar-refractivity contribution in [3.63, 3.8) is 0 Å². The minimum atomic E-state index is -1.42. The van der Waals surface area contributed by atoms with Gasteiger partial charge in [-0.15, -0.1) is 0 Å². The molecule has 2 rings (SSSR count). The summed E-state index contributed by atoms with van der Waals surface area (Å²) in [5.41, 5.74) is -0.508. The third-order valence-corrected chi connectivity index (χ3v) is 6.92. The van der Waals surface area contributed by atoms with Gasteiger partial charge in [-0.3, -0.25) is 9.59 Å². The molecule has 0 aliphatic carbocycles. The first-order valence-corrected chi connectivity index (χ1v) is 13.4. The third-order valence-electron chi connectivity index (χ3n) is 6.92. The molecule has 0 saturated carbocycles. The summed E-state index contributed by atoms with van der Waals surface area (Å²) < 4.78 is 11.8. The molecule has 0 aromatic heterocycles. The predicted octanol–water partition coefficient (Wildman–Crippen LogP) is 3.86. The summed E-state index contributed by atoms with van der Waals surface area (Å²) in [5, 5.41) is 39.2. The molecule has 0 heterocycles. The molecule has 0 unspecified atom stereocenters. The highest BCUT2D eigenvalue weighted by molar-refractivity contribution is 6.02. The third kappa shape index (κ3) is 10.6. The fourth-order valence-corrected chi connectivity index (χ4v) is 4.39.